The molecular formula is C14H15Cl2N3O. The van der Waals surface area contributed by atoms with Crippen LogP contribution in [0.4, 0.5) is 0 Å². The summed E-state index contributed by atoms with van der Waals surface area (Å²) in [5.74, 6) is -0.160. The quantitative estimate of drug-likeness (QED) is 0.905. The fourth-order valence-electron chi connectivity index (χ4n) is 2.02. The topological polar surface area (TPSA) is 57.8 Å². The lowest BCUT2D eigenvalue weighted by atomic mass is 10.1. The van der Waals surface area contributed by atoms with E-state index in [2.05, 4.69) is 15.5 Å². The molecule has 1 aromatic heterocycles. The van der Waals surface area contributed by atoms with Gasteiger partial charge in [-0.3, -0.25) is 9.89 Å². The Bertz CT molecular complexity index is 632. The van der Waals surface area contributed by atoms with Crippen LogP contribution in [0.3, 0.4) is 0 Å². The molecule has 0 spiro atoms. The molecule has 2 N–H and O–H groups in total. The van der Waals surface area contributed by atoms with Crippen molar-refractivity contribution in [1.82, 2.24) is 15.5 Å². The van der Waals surface area contributed by atoms with Crippen molar-refractivity contribution >= 4 is 29.1 Å². The van der Waals surface area contributed by atoms with Gasteiger partial charge in [0.1, 0.15) is 0 Å². The van der Waals surface area contributed by atoms with Gasteiger partial charge in [-0.2, -0.15) is 5.10 Å². The van der Waals surface area contributed by atoms with Crippen molar-refractivity contribution in [3.8, 4) is 0 Å². The van der Waals surface area contributed by atoms with Crippen LogP contribution in [0.2, 0.25) is 10.0 Å². The molecule has 4 nitrogen and oxygen atoms in total. The van der Waals surface area contributed by atoms with E-state index in [0.717, 1.165) is 11.3 Å². The number of aromatic nitrogens is 2. The van der Waals surface area contributed by atoms with E-state index in [0.29, 0.717) is 21.3 Å². The van der Waals surface area contributed by atoms with Crippen LogP contribution in [0.1, 0.15) is 40.3 Å². The summed E-state index contributed by atoms with van der Waals surface area (Å²) in [6.45, 7) is 5.50. The van der Waals surface area contributed by atoms with Crippen LogP contribution >= 0.6 is 23.2 Å². The maximum Gasteiger partial charge on any atom is 0.255 e. The smallest absolute Gasteiger partial charge is 0.255 e. The molecule has 6 heteroatoms. The Hall–Kier alpha value is -1.52. The first-order valence-electron chi connectivity index (χ1n) is 6.17. The lowest BCUT2D eigenvalue weighted by Gasteiger charge is -2.15. The number of aromatic amines is 1. The van der Waals surface area contributed by atoms with Crippen LogP contribution in [0, 0.1) is 13.8 Å². The van der Waals surface area contributed by atoms with Gasteiger partial charge in [0, 0.05) is 5.69 Å². The summed E-state index contributed by atoms with van der Waals surface area (Å²) in [7, 11) is 0. The summed E-state index contributed by atoms with van der Waals surface area (Å²) in [5.41, 5.74) is 2.91. The van der Waals surface area contributed by atoms with E-state index < -0.39 is 0 Å². The Morgan fingerprint density at radius 1 is 1.30 bits per heavy atom. The average molecular weight is 312 g/mol. The SMILES string of the molecule is Cc1n[nH]c(C)c1C(=O)NC(C)c1ccc(Cl)c(Cl)c1. The summed E-state index contributed by atoms with van der Waals surface area (Å²) >= 11 is 11.9. The van der Waals surface area contributed by atoms with Gasteiger partial charge in [-0.25, -0.2) is 0 Å². The van der Waals surface area contributed by atoms with E-state index in [1.165, 1.54) is 0 Å². The van der Waals surface area contributed by atoms with Crippen LogP contribution in [0.25, 0.3) is 0 Å². The van der Waals surface area contributed by atoms with Gasteiger partial charge in [0.05, 0.1) is 27.3 Å². The van der Waals surface area contributed by atoms with Crippen molar-refractivity contribution in [1.29, 1.82) is 0 Å². The molecule has 0 radical (unpaired) electrons. The maximum atomic E-state index is 12.3. The number of nitrogens with zero attached hydrogens (tertiary/aromatic N) is 1. The number of rotatable bonds is 3. The Labute approximate surface area is 127 Å². The van der Waals surface area contributed by atoms with Gasteiger partial charge < -0.3 is 5.32 Å². The zero-order valence-corrected chi connectivity index (χ0v) is 12.9. The zero-order chi connectivity index (χ0) is 14.9. The third-order valence-corrected chi connectivity index (χ3v) is 3.89. The molecular weight excluding hydrogens is 297 g/mol. The molecule has 0 saturated heterocycles. The Kier molecular flexibility index (Phi) is 4.35. The highest BCUT2D eigenvalue weighted by molar-refractivity contribution is 6.42. The number of hydrogen-bond donors (Lipinski definition) is 2. The molecule has 2 rings (SSSR count). The minimum absolute atomic E-state index is 0.160. The van der Waals surface area contributed by atoms with Crippen LogP contribution in [-0.2, 0) is 0 Å². The van der Waals surface area contributed by atoms with Crippen LogP contribution in [0.15, 0.2) is 18.2 Å². The van der Waals surface area contributed by atoms with Crippen molar-refractivity contribution < 1.29 is 4.79 Å². The minimum Gasteiger partial charge on any atom is -0.345 e. The van der Waals surface area contributed by atoms with Crippen LogP contribution < -0.4 is 5.32 Å². The lowest BCUT2D eigenvalue weighted by Crippen LogP contribution is -2.27. The fraction of sp³-hybridized carbons (Fsp3) is 0.286. The monoisotopic (exact) mass is 311 g/mol. The normalized spacial score (nSPS) is 12.2. The van der Waals surface area contributed by atoms with Crippen molar-refractivity contribution in [2.75, 3.05) is 0 Å². The van der Waals surface area contributed by atoms with Gasteiger partial charge in [0.2, 0.25) is 0 Å². The second kappa shape index (κ2) is 5.85. The zero-order valence-electron chi connectivity index (χ0n) is 11.4. The number of hydrogen-bond acceptors (Lipinski definition) is 2. The molecule has 0 aliphatic carbocycles. The average Bonchev–Trinajstić information content (AvgIpc) is 2.72. The van der Waals surface area contributed by atoms with Crippen LogP contribution in [-0.4, -0.2) is 16.1 Å². The predicted octanol–water partition coefficient (Wildman–Crippen LogP) is 3.82. The summed E-state index contributed by atoms with van der Waals surface area (Å²) in [6.07, 6.45) is 0. The highest BCUT2D eigenvalue weighted by Crippen LogP contribution is 2.25. The highest BCUT2D eigenvalue weighted by Gasteiger charge is 2.18. The molecule has 0 saturated carbocycles. The first kappa shape index (κ1) is 14.9. The molecule has 2 aromatic rings. The number of carbonyl (C=O) groups is 1. The first-order chi connectivity index (χ1) is 9.40. The van der Waals surface area contributed by atoms with E-state index in [1.54, 1.807) is 19.1 Å². The van der Waals surface area contributed by atoms with Crippen molar-refractivity contribution in [2.24, 2.45) is 0 Å². The second-order valence-electron chi connectivity index (χ2n) is 4.68. The summed E-state index contributed by atoms with van der Waals surface area (Å²) in [6, 6.07) is 5.14. The van der Waals surface area contributed by atoms with Gasteiger partial charge in [-0.1, -0.05) is 29.3 Å². The second-order valence-corrected chi connectivity index (χ2v) is 5.49. The molecule has 0 bridgehead atoms. The van der Waals surface area contributed by atoms with Gasteiger partial charge in [0.25, 0.3) is 5.91 Å². The van der Waals surface area contributed by atoms with Crippen molar-refractivity contribution in [2.45, 2.75) is 26.8 Å². The summed E-state index contributed by atoms with van der Waals surface area (Å²) in [4.78, 5) is 12.3. The fourth-order valence-corrected chi connectivity index (χ4v) is 2.33. The van der Waals surface area contributed by atoms with E-state index in [9.17, 15) is 4.79 Å². The Balaban J connectivity index is 2.17. The number of H-pyrrole nitrogens is 1. The molecule has 1 amide bonds. The van der Waals surface area contributed by atoms with Gasteiger partial charge >= 0.3 is 0 Å². The molecule has 0 aliphatic heterocycles. The maximum absolute atomic E-state index is 12.3. The highest BCUT2D eigenvalue weighted by atomic mass is 35.5. The van der Waals surface area contributed by atoms with E-state index in [4.69, 9.17) is 23.2 Å². The number of carbonyl (C=O) groups excluding carboxylic acids is 1. The van der Waals surface area contributed by atoms with Gasteiger partial charge in [-0.05, 0) is 38.5 Å². The van der Waals surface area contributed by atoms with E-state index in [-0.39, 0.29) is 11.9 Å². The first-order valence-corrected chi connectivity index (χ1v) is 6.93. The standard InChI is InChI=1S/C14H15Cl2N3O/c1-7(10-4-5-11(15)12(16)6-10)17-14(20)13-8(2)18-19-9(13)3/h4-7H,1-3H3,(H,17,20)(H,18,19). The molecule has 1 atom stereocenters. The third kappa shape index (κ3) is 2.97. The molecule has 20 heavy (non-hydrogen) atoms. The number of aryl methyl sites for hydroxylation is 2. The lowest BCUT2D eigenvalue weighted by molar-refractivity contribution is 0.0938. The largest absolute Gasteiger partial charge is 0.345 e. The summed E-state index contributed by atoms with van der Waals surface area (Å²) < 4.78 is 0. The van der Waals surface area contributed by atoms with Crippen LogP contribution in [0.5, 0.6) is 0 Å². The van der Waals surface area contributed by atoms with E-state index in [1.807, 2.05) is 19.9 Å². The van der Waals surface area contributed by atoms with E-state index >= 15 is 0 Å². The van der Waals surface area contributed by atoms with Gasteiger partial charge in [0.15, 0.2) is 0 Å². The Morgan fingerprint density at radius 3 is 2.55 bits per heavy atom. The molecule has 0 aliphatic rings. The van der Waals surface area contributed by atoms with Crippen molar-refractivity contribution in [3.05, 3.63) is 50.8 Å². The molecule has 1 heterocycles. The Morgan fingerprint density at radius 2 is 2.00 bits per heavy atom. The molecule has 106 valence electrons. The third-order valence-electron chi connectivity index (χ3n) is 3.15. The molecule has 0 fully saturated rings. The van der Waals surface area contributed by atoms with Crippen molar-refractivity contribution in [3.63, 3.8) is 0 Å². The number of amides is 1. The summed E-state index contributed by atoms with van der Waals surface area (Å²) in [5, 5.41) is 10.7. The molecule has 1 aromatic carbocycles. The number of halogens is 2. The molecule has 1 unspecified atom stereocenters. The predicted molar refractivity (Wildman–Crippen MR) is 80.4 cm³/mol. The number of benzene rings is 1. The minimum atomic E-state index is -0.175. The number of nitrogens with one attached hydrogen (secondary N) is 2. The van der Waals surface area contributed by atoms with Gasteiger partial charge in [-0.15, -0.1) is 0 Å².